The minimum Gasteiger partial charge on any atom is -0.340 e. The van der Waals surface area contributed by atoms with E-state index in [0.717, 1.165) is 0 Å². The summed E-state index contributed by atoms with van der Waals surface area (Å²) < 4.78 is 54.7. The standard InChI is InChI=1S/C26H22N2O4S2/c29-33(30,23-17-9-3-10-18-23)26(34(31,32)24-19-11-4-12-20-24)25(27-21-13-5-1-6-14-21)28-22-15-7-2-8-16-22/h1-20,27-28H. The minimum atomic E-state index is -4.48. The summed E-state index contributed by atoms with van der Waals surface area (Å²) >= 11 is 0. The first kappa shape index (κ1) is 23.3. The number of nitrogens with one attached hydrogen (secondary N) is 2. The molecule has 0 saturated carbocycles. The quantitative estimate of drug-likeness (QED) is 0.349. The third-order valence-corrected chi connectivity index (χ3v) is 9.37. The molecule has 0 spiro atoms. The van der Waals surface area contributed by atoms with Crippen molar-refractivity contribution in [3.8, 4) is 0 Å². The minimum absolute atomic E-state index is 0.133. The van der Waals surface area contributed by atoms with Crippen molar-refractivity contribution in [1.29, 1.82) is 0 Å². The summed E-state index contributed by atoms with van der Waals surface area (Å²) in [4.78, 5) is -0.265. The number of para-hydroxylation sites is 2. The van der Waals surface area contributed by atoms with Crippen LogP contribution in [0, 0.1) is 0 Å². The van der Waals surface area contributed by atoms with Crippen LogP contribution in [0.1, 0.15) is 0 Å². The molecule has 0 aliphatic rings. The van der Waals surface area contributed by atoms with Crippen LogP contribution in [0.4, 0.5) is 11.4 Å². The fourth-order valence-corrected chi connectivity index (χ4v) is 7.22. The first-order valence-corrected chi connectivity index (χ1v) is 13.3. The second-order valence-electron chi connectivity index (χ2n) is 7.28. The first-order valence-electron chi connectivity index (χ1n) is 10.4. The maximum Gasteiger partial charge on any atom is 0.221 e. The van der Waals surface area contributed by atoms with Gasteiger partial charge >= 0.3 is 0 Å². The van der Waals surface area contributed by atoms with Crippen LogP contribution >= 0.6 is 0 Å². The second kappa shape index (κ2) is 9.94. The highest BCUT2D eigenvalue weighted by Crippen LogP contribution is 2.32. The molecule has 0 bridgehead atoms. The molecule has 6 nitrogen and oxygen atoms in total. The Labute approximate surface area is 199 Å². The van der Waals surface area contributed by atoms with Crippen LogP contribution in [0.15, 0.2) is 141 Å². The maximum atomic E-state index is 13.9. The molecule has 0 fully saturated rings. The summed E-state index contributed by atoms with van der Waals surface area (Å²) in [5.41, 5.74) is 1.04. The van der Waals surface area contributed by atoms with Crippen LogP contribution in [-0.2, 0) is 19.7 Å². The fraction of sp³-hybridized carbons (Fsp3) is 0. The lowest BCUT2D eigenvalue weighted by atomic mass is 10.3. The van der Waals surface area contributed by atoms with E-state index in [-0.39, 0.29) is 15.6 Å². The van der Waals surface area contributed by atoms with E-state index in [2.05, 4.69) is 10.6 Å². The van der Waals surface area contributed by atoms with E-state index in [1.54, 1.807) is 84.9 Å². The number of rotatable bonds is 8. The zero-order valence-corrected chi connectivity index (χ0v) is 19.6. The van der Waals surface area contributed by atoms with Crippen molar-refractivity contribution in [2.45, 2.75) is 9.79 Å². The smallest absolute Gasteiger partial charge is 0.221 e. The van der Waals surface area contributed by atoms with Crippen molar-refractivity contribution in [2.24, 2.45) is 0 Å². The highest BCUT2D eigenvalue weighted by Gasteiger charge is 2.37. The fourth-order valence-electron chi connectivity index (χ4n) is 3.29. The van der Waals surface area contributed by atoms with E-state index < -0.39 is 23.9 Å². The zero-order chi connectivity index (χ0) is 24.0. The topological polar surface area (TPSA) is 92.3 Å². The van der Waals surface area contributed by atoms with Gasteiger partial charge in [-0.3, -0.25) is 0 Å². The van der Waals surface area contributed by atoms with E-state index in [1.165, 1.54) is 24.3 Å². The molecule has 0 saturated heterocycles. The number of hydrogen-bond acceptors (Lipinski definition) is 6. The lowest BCUT2D eigenvalue weighted by Crippen LogP contribution is -2.24. The monoisotopic (exact) mass is 490 g/mol. The van der Waals surface area contributed by atoms with Crippen molar-refractivity contribution < 1.29 is 16.8 Å². The third kappa shape index (κ3) is 5.03. The van der Waals surface area contributed by atoms with Crippen LogP contribution in [0.5, 0.6) is 0 Å². The molecule has 4 aromatic carbocycles. The molecule has 0 unspecified atom stereocenters. The maximum absolute atomic E-state index is 13.9. The third-order valence-electron chi connectivity index (χ3n) is 4.89. The highest BCUT2D eigenvalue weighted by molar-refractivity contribution is 8.14. The lowest BCUT2D eigenvalue weighted by Gasteiger charge is -2.20. The van der Waals surface area contributed by atoms with Crippen LogP contribution < -0.4 is 10.6 Å². The Balaban J connectivity index is 2.02. The van der Waals surface area contributed by atoms with Crippen LogP contribution in [0.2, 0.25) is 0 Å². The SMILES string of the molecule is O=S(=O)(C(=C(Nc1ccccc1)Nc1ccccc1)S(=O)(=O)c1ccccc1)c1ccccc1. The van der Waals surface area contributed by atoms with Crippen molar-refractivity contribution in [2.75, 3.05) is 10.6 Å². The van der Waals surface area contributed by atoms with Crippen molar-refractivity contribution >= 4 is 31.0 Å². The molecular weight excluding hydrogens is 468 g/mol. The molecule has 4 aromatic rings. The van der Waals surface area contributed by atoms with E-state index in [4.69, 9.17) is 0 Å². The van der Waals surface area contributed by atoms with Gasteiger partial charge in [-0.15, -0.1) is 0 Å². The van der Waals surface area contributed by atoms with Gasteiger partial charge in [0.05, 0.1) is 9.79 Å². The van der Waals surface area contributed by atoms with Gasteiger partial charge in [0.25, 0.3) is 0 Å². The Morgan fingerprint density at radius 2 is 0.735 bits per heavy atom. The Morgan fingerprint density at radius 1 is 0.441 bits per heavy atom. The molecule has 8 heteroatoms. The summed E-state index contributed by atoms with van der Waals surface area (Å²) in [5, 5.41) is 5.98. The Kier molecular flexibility index (Phi) is 6.81. The highest BCUT2D eigenvalue weighted by atomic mass is 32.3. The number of benzene rings is 4. The van der Waals surface area contributed by atoms with E-state index in [0.29, 0.717) is 11.4 Å². The Bertz CT molecular complexity index is 1370. The predicted octanol–water partition coefficient (Wildman–Crippen LogP) is 5.29. The van der Waals surface area contributed by atoms with Crippen LogP contribution in [0.3, 0.4) is 0 Å². The Morgan fingerprint density at radius 3 is 1.06 bits per heavy atom. The van der Waals surface area contributed by atoms with Gasteiger partial charge in [0.15, 0.2) is 0 Å². The molecule has 0 aliphatic carbocycles. The van der Waals surface area contributed by atoms with Crippen LogP contribution in [-0.4, -0.2) is 16.8 Å². The molecule has 34 heavy (non-hydrogen) atoms. The molecule has 0 aromatic heterocycles. The van der Waals surface area contributed by atoms with Gasteiger partial charge in [-0.1, -0.05) is 72.8 Å². The van der Waals surface area contributed by atoms with Gasteiger partial charge in [0, 0.05) is 11.4 Å². The predicted molar refractivity (Wildman–Crippen MR) is 134 cm³/mol. The van der Waals surface area contributed by atoms with Gasteiger partial charge in [0.1, 0.15) is 5.82 Å². The van der Waals surface area contributed by atoms with Gasteiger partial charge in [0.2, 0.25) is 23.9 Å². The summed E-state index contributed by atoms with van der Waals surface area (Å²) in [6.07, 6.45) is 0. The summed E-state index contributed by atoms with van der Waals surface area (Å²) in [7, 11) is -8.96. The first-order chi connectivity index (χ1) is 16.4. The number of anilines is 2. The molecule has 0 amide bonds. The summed E-state index contributed by atoms with van der Waals surface area (Å²) in [5.74, 6) is -0.176. The molecule has 172 valence electrons. The van der Waals surface area contributed by atoms with Crippen LogP contribution in [0.25, 0.3) is 0 Å². The van der Waals surface area contributed by atoms with Gasteiger partial charge < -0.3 is 10.6 Å². The molecule has 4 rings (SSSR count). The number of sulfone groups is 2. The summed E-state index contributed by atoms with van der Waals surface area (Å²) in [6.45, 7) is 0. The zero-order valence-electron chi connectivity index (χ0n) is 18.0. The average Bonchev–Trinajstić information content (AvgIpc) is 2.86. The largest absolute Gasteiger partial charge is 0.340 e. The Hall–Kier alpha value is -3.88. The summed E-state index contributed by atoms with van der Waals surface area (Å²) in [6, 6.07) is 32.6. The van der Waals surface area contributed by atoms with E-state index in [1.807, 2.05) is 12.1 Å². The molecule has 0 radical (unpaired) electrons. The van der Waals surface area contributed by atoms with Crippen molar-refractivity contribution in [3.63, 3.8) is 0 Å². The van der Waals surface area contributed by atoms with E-state index >= 15 is 0 Å². The van der Waals surface area contributed by atoms with Crippen molar-refractivity contribution in [3.05, 3.63) is 131 Å². The second-order valence-corrected chi connectivity index (χ2v) is 11.3. The van der Waals surface area contributed by atoms with Crippen molar-refractivity contribution in [1.82, 2.24) is 0 Å². The average molecular weight is 491 g/mol. The normalized spacial score (nSPS) is 11.4. The number of hydrogen-bond donors (Lipinski definition) is 2. The molecule has 0 aliphatic heterocycles. The lowest BCUT2D eigenvalue weighted by molar-refractivity contribution is 0.594. The molecule has 2 N–H and O–H groups in total. The molecule has 0 atom stereocenters. The molecule has 0 heterocycles. The van der Waals surface area contributed by atoms with Gasteiger partial charge in [-0.2, -0.15) is 0 Å². The van der Waals surface area contributed by atoms with Gasteiger partial charge in [-0.05, 0) is 48.5 Å². The molecular formula is C26H22N2O4S2. The van der Waals surface area contributed by atoms with E-state index in [9.17, 15) is 16.8 Å². The van der Waals surface area contributed by atoms with Gasteiger partial charge in [-0.25, -0.2) is 16.8 Å².